The zero-order chi connectivity index (χ0) is 15.0. The van der Waals surface area contributed by atoms with Crippen LogP contribution in [0.25, 0.3) is 11.0 Å². The third-order valence-electron chi connectivity index (χ3n) is 3.45. The Balaban J connectivity index is 1.96. The molecule has 0 bridgehead atoms. The van der Waals surface area contributed by atoms with Crippen LogP contribution in [0.1, 0.15) is 30.2 Å². The standard InChI is InChI=1S/C15H17N5O/c1-10(2)20-8-7-16-15(20)18-14(21)11-5-4-6-12-13(11)17-9-19(12)3/h4-10H,1-3H3,(H,16,18,21). The number of fused-ring (bicyclic) bond motifs is 1. The highest BCUT2D eigenvalue weighted by Gasteiger charge is 2.15. The molecule has 0 spiro atoms. The fourth-order valence-corrected chi connectivity index (χ4v) is 2.34. The topological polar surface area (TPSA) is 64.7 Å². The van der Waals surface area contributed by atoms with Crippen LogP contribution >= 0.6 is 0 Å². The van der Waals surface area contributed by atoms with Crippen molar-refractivity contribution in [2.24, 2.45) is 7.05 Å². The van der Waals surface area contributed by atoms with Crippen molar-refractivity contribution in [2.75, 3.05) is 5.32 Å². The van der Waals surface area contributed by atoms with Gasteiger partial charge in [0.05, 0.1) is 17.4 Å². The quantitative estimate of drug-likeness (QED) is 0.803. The molecule has 2 aromatic heterocycles. The summed E-state index contributed by atoms with van der Waals surface area (Å²) in [5.74, 6) is 0.343. The van der Waals surface area contributed by atoms with Crippen molar-refractivity contribution >= 4 is 22.9 Å². The van der Waals surface area contributed by atoms with E-state index in [0.29, 0.717) is 17.0 Å². The lowest BCUT2D eigenvalue weighted by atomic mass is 10.1. The maximum Gasteiger partial charge on any atom is 0.260 e. The maximum atomic E-state index is 12.5. The summed E-state index contributed by atoms with van der Waals surface area (Å²) in [5, 5.41) is 2.85. The average Bonchev–Trinajstić information content (AvgIpc) is 3.06. The lowest BCUT2D eigenvalue weighted by Crippen LogP contribution is -2.17. The van der Waals surface area contributed by atoms with Gasteiger partial charge in [0.2, 0.25) is 5.95 Å². The Bertz CT molecular complexity index is 799. The molecule has 1 N–H and O–H groups in total. The summed E-state index contributed by atoms with van der Waals surface area (Å²) >= 11 is 0. The van der Waals surface area contributed by atoms with Gasteiger partial charge in [0.15, 0.2) is 0 Å². The van der Waals surface area contributed by atoms with Crippen molar-refractivity contribution in [1.82, 2.24) is 19.1 Å². The fraction of sp³-hybridized carbons (Fsp3) is 0.267. The SMILES string of the molecule is CC(C)n1ccnc1NC(=O)c1cccc2c1ncn2C. The van der Waals surface area contributed by atoms with Gasteiger partial charge in [-0.15, -0.1) is 0 Å². The number of aromatic nitrogens is 4. The van der Waals surface area contributed by atoms with Crippen LogP contribution in [-0.4, -0.2) is 25.0 Å². The first-order valence-corrected chi connectivity index (χ1v) is 6.82. The van der Waals surface area contributed by atoms with Gasteiger partial charge in [-0.3, -0.25) is 10.1 Å². The van der Waals surface area contributed by atoms with Crippen LogP contribution in [0.2, 0.25) is 0 Å². The average molecular weight is 283 g/mol. The smallest absolute Gasteiger partial charge is 0.260 e. The molecule has 3 aromatic rings. The summed E-state index contributed by atoms with van der Waals surface area (Å²) in [4.78, 5) is 21.0. The van der Waals surface area contributed by atoms with E-state index in [-0.39, 0.29) is 11.9 Å². The third-order valence-corrected chi connectivity index (χ3v) is 3.45. The van der Waals surface area contributed by atoms with E-state index in [4.69, 9.17) is 0 Å². The minimum Gasteiger partial charge on any atom is -0.334 e. The van der Waals surface area contributed by atoms with Crippen molar-refractivity contribution in [1.29, 1.82) is 0 Å². The molecular formula is C15H17N5O. The van der Waals surface area contributed by atoms with Crippen molar-refractivity contribution in [3.8, 4) is 0 Å². The number of nitrogens with one attached hydrogen (secondary N) is 1. The van der Waals surface area contributed by atoms with Gasteiger partial charge in [-0.2, -0.15) is 0 Å². The van der Waals surface area contributed by atoms with Crippen LogP contribution in [-0.2, 0) is 7.05 Å². The molecular weight excluding hydrogens is 266 g/mol. The normalized spacial score (nSPS) is 11.2. The lowest BCUT2D eigenvalue weighted by Gasteiger charge is -2.12. The largest absolute Gasteiger partial charge is 0.334 e. The zero-order valence-electron chi connectivity index (χ0n) is 12.2. The van der Waals surface area contributed by atoms with Gasteiger partial charge in [-0.1, -0.05) is 6.07 Å². The number of hydrogen-bond donors (Lipinski definition) is 1. The van der Waals surface area contributed by atoms with Crippen molar-refractivity contribution in [3.63, 3.8) is 0 Å². The van der Waals surface area contributed by atoms with Crippen LogP contribution in [0.15, 0.2) is 36.9 Å². The molecule has 0 unspecified atom stereocenters. The molecule has 0 saturated carbocycles. The van der Waals surface area contributed by atoms with E-state index in [1.54, 1.807) is 18.6 Å². The van der Waals surface area contributed by atoms with Gasteiger partial charge in [-0.05, 0) is 26.0 Å². The minimum atomic E-state index is -0.201. The Labute approximate surface area is 122 Å². The van der Waals surface area contributed by atoms with Crippen LogP contribution < -0.4 is 5.32 Å². The first-order chi connectivity index (χ1) is 10.1. The number of aryl methyl sites for hydroxylation is 1. The first kappa shape index (κ1) is 13.4. The molecule has 108 valence electrons. The molecule has 2 heterocycles. The van der Waals surface area contributed by atoms with Crippen LogP contribution in [0, 0.1) is 0 Å². The monoisotopic (exact) mass is 283 g/mol. The van der Waals surface area contributed by atoms with Crippen molar-refractivity contribution in [3.05, 3.63) is 42.5 Å². The number of nitrogens with zero attached hydrogens (tertiary/aromatic N) is 4. The molecule has 0 aliphatic heterocycles. The molecule has 0 fully saturated rings. The summed E-state index contributed by atoms with van der Waals surface area (Å²) in [6.45, 7) is 4.08. The first-order valence-electron chi connectivity index (χ1n) is 6.82. The van der Waals surface area contributed by atoms with E-state index in [9.17, 15) is 4.79 Å². The van der Waals surface area contributed by atoms with Gasteiger partial charge in [0.25, 0.3) is 5.91 Å². The molecule has 0 aliphatic rings. The van der Waals surface area contributed by atoms with Crippen LogP contribution in [0.4, 0.5) is 5.95 Å². The Morgan fingerprint density at radius 2 is 2.10 bits per heavy atom. The molecule has 0 radical (unpaired) electrons. The van der Waals surface area contributed by atoms with Gasteiger partial charge in [-0.25, -0.2) is 9.97 Å². The molecule has 3 rings (SSSR count). The van der Waals surface area contributed by atoms with Crippen molar-refractivity contribution < 1.29 is 4.79 Å². The summed E-state index contributed by atoms with van der Waals surface area (Å²) in [6, 6.07) is 5.79. The van der Waals surface area contributed by atoms with Crippen molar-refractivity contribution in [2.45, 2.75) is 19.9 Å². The van der Waals surface area contributed by atoms with E-state index in [0.717, 1.165) is 5.52 Å². The second-order valence-electron chi connectivity index (χ2n) is 5.23. The van der Waals surface area contributed by atoms with Gasteiger partial charge < -0.3 is 9.13 Å². The maximum absolute atomic E-state index is 12.5. The molecule has 1 amide bonds. The van der Waals surface area contributed by atoms with Crippen LogP contribution in [0.3, 0.4) is 0 Å². The molecule has 1 aromatic carbocycles. The minimum absolute atomic E-state index is 0.201. The number of benzene rings is 1. The third kappa shape index (κ3) is 2.29. The van der Waals surface area contributed by atoms with E-state index in [2.05, 4.69) is 15.3 Å². The molecule has 0 saturated heterocycles. The Morgan fingerprint density at radius 1 is 1.29 bits per heavy atom. The molecule has 21 heavy (non-hydrogen) atoms. The Morgan fingerprint density at radius 3 is 2.86 bits per heavy atom. The Kier molecular flexibility index (Phi) is 3.21. The predicted octanol–water partition coefficient (Wildman–Crippen LogP) is 2.60. The number of hydrogen-bond acceptors (Lipinski definition) is 3. The number of amides is 1. The van der Waals surface area contributed by atoms with E-state index >= 15 is 0 Å². The highest BCUT2D eigenvalue weighted by molar-refractivity contribution is 6.10. The zero-order valence-corrected chi connectivity index (χ0v) is 12.2. The van der Waals surface area contributed by atoms with Gasteiger partial charge in [0.1, 0.15) is 5.52 Å². The van der Waals surface area contributed by atoms with E-state index in [1.165, 1.54) is 0 Å². The number of carbonyl (C=O) groups excluding carboxylic acids is 1. The highest BCUT2D eigenvalue weighted by Crippen LogP contribution is 2.19. The summed E-state index contributed by atoms with van der Waals surface area (Å²) in [7, 11) is 1.91. The predicted molar refractivity (Wildman–Crippen MR) is 81.3 cm³/mol. The summed E-state index contributed by atoms with van der Waals surface area (Å²) in [5.41, 5.74) is 2.17. The summed E-state index contributed by atoms with van der Waals surface area (Å²) < 4.78 is 3.80. The Hall–Kier alpha value is -2.63. The molecule has 6 heteroatoms. The number of imidazole rings is 2. The fourth-order valence-electron chi connectivity index (χ4n) is 2.34. The summed E-state index contributed by atoms with van der Waals surface area (Å²) in [6.07, 6.45) is 5.23. The van der Waals surface area contributed by atoms with Crippen LogP contribution in [0.5, 0.6) is 0 Å². The number of anilines is 1. The second-order valence-corrected chi connectivity index (χ2v) is 5.23. The van der Waals surface area contributed by atoms with E-state index < -0.39 is 0 Å². The highest BCUT2D eigenvalue weighted by atomic mass is 16.1. The van der Waals surface area contributed by atoms with E-state index in [1.807, 2.05) is 48.4 Å². The number of rotatable bonds is 3. The molecule has 6 nitrogen and oxygen atoms in total. The number of carbonyl (C=O) groups is 1. The molecule has 0 aliphatic carbocycles. The van der Waals surface area contributed by atoms with Gasteiger partial charge >= 0.3 is 0 Å². The second kappa shape index (κ2) is 5.05. The van der Waals surface area contributed by atoms with Gasteiger partial charge in [0, 0.05) is 25.5 Å². The number of para-hydroxylation sites is 1. The lowest BCUT2D eigenvalue weighted by molar-refractivity contribution is 0.102. The molecule has 0 atom stereocenters.